The molecule has 0 aromatic carbocycles. The van der Waals surface area contributed by atoms with E-state index in [9.17, 15) is 4.79 Å². The van der Waals surface area contributed by atoms with E-state index in [0.29, 0.717) is 13.0 Å². The van der Waals surface area contributed by atoms with E-state index in [2.05, 4.69) is 20.9 Å². The maximum Gasteiger partial charge on any atom is 0.142 e. The molecule has 0 saturated carbocycles. The molecular formula is C12H14BrNO2. The van der Waals surface area contributed by atoms with Gasteiger partial charge in [0.25, 0.3) is 0 Å². The average molecular weight is 284 g/mol. The number of ketones is 1. The van der Waals surface area contributed by atoms with Gasteiger partial charge in [0.15, 0.2) is 0 Å². The molecule has 1 atom stereocenters. The van der Waals surface area contributed by atoms with Crippen LogP contribution in [0.1, 0.15) is 18.4 Å². The van der Waals surface area contributed by atoms with Crippen molar-refractivity contribution in [3.05, 3.63) is 28.5 Å². The summed E-state index contributed by atoms with van der Waals surface area (Å²) >= 11 is 3.35. The number of pyridine rings is 1. The number of Topliss-reactive ketones (excluding diaryl/α,β-unsaturated/α-hetero) is 1. The second kappa shape index (κ2) is 5.55. The Morgan fingerprint density at radius 3 is 3.12 bits per heavy atom. The van der Waals surface area contributed by atoms with Crippen molar-refractivity contribution in [2.45, 2.75) is 19.3 Å². The van der Waals surface area contributed by atoms with Gasteiger partial charge in [-0.1, -0.05) is 0 Å². The number of carbonyl (C=O) groups is 1. The predicted octanol–water partition coefficient (Wildman–Crippen LogP) is 2.38. The quantitative estimate of drug-likeness (QED) is 0.855. The van der Waals surface area contributed by atoms with Crippen molar-refractivity contribution in [3.63, 3.8) is 0 Å². The third-order valence-electron chi connectivity index (χ3n) is 2.76. The average Bonchev–Trinajstić information content (AvgIpc) is 2.30. The highest BCUT2D eigenvalue weighted by Crippen LogP contribution is 2.17. The Balaban J connectivity index is 1.96. The van der Waals surface area contributed by atoms with E-state index in [1.54, 1.807) is 12.4 Å². The SMILES string of the molecule is O=C(Cc1cncc(Br)c1)C1CCCOC1. The molecule has 0 N–H and O–H groups in total. The summed E-state index contributed by atoms with van der Waals surface area (Å²) in [6.45, 7) is 1.38. The van der Waals surface area contributed by atoms with E-state index in [1.165, 1.54) is 0 Å². The largest absolute Gasteiger partial charge is 0.381 e. The fourth-order valence-electron chi connectivity index (χ4n) is 1.89. The Kier molecular flexibility index (Phi) is 4.07. The Hall–Kier alpha value is -0.740. The van der Waals surface area contributed by atoms with Crippen LogP contribution in [0.5, 0.6) is 0 Å². The summed E-state index contributed by atoms with van der Waals surface area (Å²) in [5.41, 5.74) is 0.963. The summed E-state index contributed by atoms with van der Waals surface area (Å²) < 4.78 is 6.23. The lowest BCUT2D eigenvalue weighted by Crippen LogP contribution is -2.26. The second-order valence-electron chi connectivity index (χ2n) is 4.07. The molecule has 3 nitrogen and oxygen atoms in total. The molecule has 2 rings (SSSR count). The molecule has 2 heterocycles. The van der Waals surface area contributed by atoms with Crippen molar-refractivity contribution in [1.82, 2.24) is 4.98 Å². The van der Waals surface area contributed by atoms with Crippen molar-refractivity contribution in [2.24, 2.45) is 5.92 Å². The van der Waals surface area contributed by atoms with Gasteiger partial charge in [-0.3, -0.25) is 9.78 Å². The maximum atomic E-state index is 12.0. The molecule has 1 aliphatic heterocycles. The first-order chi connectivity index (χ1) is 7.75. The first-order valence-corrected chi connectivity index (χ1v) is 6.25. The number of hydrogen-bond donors (Lipinski definition) is 0. The number of hydrogen-bond acceptors (Lipinski definition) is 3. The first kappa shape index (κ1) is 11.7. The van der Waals surface area contributed by atoms with Gasteiger partial charge >= 0.3 is 0 Å². The zero-order valence-corrected chi connectivity index (χ0v) is 10.6. The predicted molar refractivity (Wildman–Crippen MR) is 64.2 cm³/mol. The summed E-state index contributed by atoms with van der Waals surface area (Å²) in [6.07, 6.45) is 5.87. The molecule has 86 valence electrons. The van der Waals surface area contributed by atoms with Crippen LogP contribution in [0.3, 0.4) is 0 Å². The van der Waals surface area contributed by atoms with E-state index >= 15 is 0 Å². The highest BCUT2D eigenvalue weighted by atomic mass is 79.9. The lowest BCUT2D eigenvalue weighted by atomic mass is 9.94. The fourth-order valence-corrected chi connectivity index (χ4v) is 2.30. The molecule has 0 aliphatic carbocycles. The van der Waals surface area contributed by atoms with E-state index in [4.69, 9.17) is 4.74 Å². The fraction of sp³-hybridized carbons (Fsp3) is 0.500. The third-order valence-corrected chi connectivity index (χ3v) is 3.19. The lowest BCUT2D eigenvalue weighted by Gasteiger charge is -2.20. The molecule has 4 heteroatoms. The zero-order valence-electron chi connectivity index (χ0n) is 8.99. The van der Waals surface area contributed by atoms with Crippen LogP contribution in [0, 0.1) is 5.92 Å². The van der Waals surface area contributed by atoms with Gasteiger partial charge in [0.05, 0.1) is 6.61 Å². The molecule has 1 fully saturated rings. The third kappa shape index (κ3) is 3.12. The highest BCUT2D eigenvalue weighted by molar-refractivity contribution is 9.10. The normalized spacial score (nSPS) is 20.7. The van der Waals surface area contributed by atoms with Crippen LogP contribution in [0.25, 0.3) is 0 Å². The van der Waals surface area contributed by atoms with Gasteiger partial charge in [0, 0.05) is 35.8 Å². The number of nitrogens with zero attached hydrogens (tertiary/aromatic N) is 1. The molecule has 16 heavy (non-hydrogen) atoms. The minimum atomic E-state index is 0.0766. The monoisotopic (exact) mass is 283 g/mol. The van der Waals surface area contributed by atoms with Crippen molar-refractivity contribution in [3.8, 4) is 0 Å². The maximum absolute atomic E-state index is 12.0. The summed E-state index contributed by atoms with van der Waals surface area (Å²) in [5.74, 6) is 0.340. The smallest absolute Gasteiger partial charge is 0.142 e. The molecule has 1 aromatic heterocycles. The Morgan fingerprint density at radius 1 is 1.56 bits per heavy atom. The Bertz CT molecular complexity index is 375. The number of halogens is 1. The number of aromatic nitrogens is 1. The Morgan fingerprint density at radius 2 is 2.44 bits per heavy atom. The van der Waals surface area contributed by atoms with E-state index in [1.807, 2.05) is 6.07 Å². The summed E-state index contributed by atoms with van der Waals surface area (Å²) in [4.78, 5) is 16.0. The molecule has 0 radical (unpaired) electrons. The van der Waals surface area contributed by atoms with Crippen molar-refractivity contribution in [1.29, 1.82) is 0 Å². The van der Waals surface area contributed by atoms with Gasteiger partial charge in [-0.2, -0.15) is 0 Å². The van der Waals surface area contributed by atoms with Gasteiger partial charge in [-0.05, 0) is 40.4 Å². The molecular weight excluding hydrogens is 270 g/mol. The molecule has 0 amide bonds. The van der Waals surface area contributed by atoms with Gasteiger partial charge in [-0.25, -0.2) is 0 Å². The molecule has 1 saturated heterocycles. The van der Waals surface area contributed by atoms with Crippen molar-refractivity contribution >= 4 is 21.7 Å². The van der Waals surface area contributed by atoms with Crippen LogP contribution in [0.2, 0.25) is 0 Å². The van der Waals surface area contributed by atoms with Crippen molar-refractivity contribution < 1.29 is 9.53 Å². The molecule has 1 aromatic rings. The molecule has 1 unspecified atom stereocenters. The summed E-state index contributed by atoms with van der Waals surface area (Å²) in [6, 6.07) is 1.94. The Labute approximate surface area is 103 Å². The van der Waals surface area contributed by atoms with Crippen LogP contribution in [-0.4, -0.2) is 24.0 Å². The van der Waals surface area contributed by atoms with Crippen LogP contribution in [-0.2, 0) is 16.0 Å². The van der Waals surface area contributed by atoms with E-state index in [-0.39, 0.29) is 11.7 Å². The second-order valence-corrected chi connectivity index (χ2v) is 4.98. The van der Waals surface area contributed by atoms with Gasteiger partial charge in [0.1, 0.15) is 5.78 Å². The lowest BCUT2D eigenvalue weighted by molar-refractivity contribution is -0.126. The van der Waals surface area contributed by atoms with Gasteiger partial charge in [-0.15, -0.1) is 0 Å². The minimum absolute atomic E-state index is 0.0766. The topological polar surface area (TPSA) is 39.2 Å². The van der Waals surface area contributed by atoms with E-state index in [0.717, 1.165) is 29.5 Å². The summed E-state index contributed by atoms with van der Waals surface area (Å²) in [7, 11) is 0. The number of rotatable bonds is 3. The standard InChI is InChI=1S/C12H14BrNO2/c13-11-4-9(6-14-7-11)5-12(15)10-2-1-3-16-8-10/h4,6-7,10H,1-3,5,8H2. The van der Waals surface area contributed by atoms with Crippen LogP contribution in [0.4, 0.5) is 0 Å². The van der Waals surface area contributed by atoms with Crippen LogP contribution < -0.4 is 0 Å². The first-order valence-electron chi connectivity index (χ1n) is 5.45. The molecule has 0 spiro atoms. The van der Waals surface area contributed by atoms with Gasteiger partial charge < -0.3 is 4.74 Å². The minimum Gasteiger partial charge on any atom is -0.381 e. The van der Waals surface area contributed by atoms with Gasteiger partial charge in [0.2, 0.25) is 0 Å². The zero-order chi connectivity index (χ0) is 11.4. The van der Waals surface area contributed by atoms with Crippen LogP contribution >= 0.6 is 15.9 Å². The molecule has 0 bridgehead atoms. The summed E-state index contributed by atoms with van der Waals surface area (Å²) in [5, 5.41) is 0. The number of carbonyl (C=O) groups excluding carboxylic acids is 1. The van der Waals surface area contributed by atoms with Crippen molar-refractivity contribution in [2.75, 3.05) is 13.2 Å². The van der Waals surface area contributed by atoms with Crippen LogP contribution in [0.15, 0.2) is 22.9 Å². The van der Waals surface area contributed by atoms with E-state index < -0.39 is 0 Å². The molecule has 1 aliphatic rings. The highest BCUT2D eigenvalue weighted by Gasteiger charge is 2.21. The number of ether oxygens (including phenoxy) is 1.